The first-order chi connectivity index (χ1) is 15.2. The Balaban J connectivity index is 1.42. The number of ether oxygens (including phenoxy) is 2. The molecule has 4 aromatic rings. The zero-order chi connectivity index (χ0) is 21.4. The van der Waals surface area contributed by atoms with E-state index < -0.39 is 0 Å². The normalized spacial score (nSPS) is 15.9. The smallest absolute Gasteiger partial charge is 0.251 e. The second-order valence-electron chi connectivity index (χ2n) is 8.12. The molecule has 1 atom stereocenters. The molecular weight excluding hydrogens is 390 g/mol. The fourth-order valence-corrected chi connectivity index (χ4v) is 4.66. The van der Waals surface area contributed by atoms with Gasteiger partial charge in [0.1, 0.15) is 5.75 Å². The predicted molar refractivity (Wildman–Crippen MR) is 122 cm³/mol. The lowest BCUT2D eigenvalue weighted by atomic mass is 9.91. The molecule has 1 amide bonds. The van der Waals surface area contributed by atoms with E-state index in [2.05, 4.69) is 27.0 Å². The van der Waals surface area contributed by atoms with Crippen LogP contribution in [0.15, 0.2) is 48.7 Å². The van der Waals surface area contributed by atoms with Gasteiger partial charge in [-0.2, -0.15) is 0 Å². The molecule has 0 radical (unpaired) electrons. The predicted octanol–water partition coefficient (Wildman–Crippen LogP) is 4.59. The summed E-state index contributed by atoms with van der Waals surface area (Å²) in [4.78, 5) is 16.7. The number of methoxy groups -OCH3 is 2. The van der Waals surface area contributed by atoms with E-state index in [4.69, 9.17) is 9.47 Å². The van der Waals surface area contributed by atoms with Gasteiger partial charge in [-0.1, -0.05) is 6.07 Å². The van der Waals surface area contributed by atoms with Crippen molar-refractivity contribution in [2.75, 3.05) is 20.8 Å². The van der Waals surface area contributed by atoms with Gasteiger partial charge in [0.15, 0.2) is 0 Å². The number of aromatic amines is 1. The molecule has 0 saturated carbocycles. The number of H-pyrrole nitrogens is 1. The molecule has 2 N–H and O–H groups in total. The van der Waals surface area contributed by atoms with Crippen LogP contribution in [0.3, 0.4) is 0 Å². The molecule has 6 nitrogen and oxygen atoms in total. The van der Waals surface area contributed by atoms with E-state index in [9.17, 15) is 4.79 Å². The topological polar surface area (TPSA) is 68.3 Å². The molecule has 0 fully saturated rings. The van der Waals surface area contributed by atoms with Gasteiger partial charge >= 0.3 is 0 Å². The summed E-state index contributed by atoms with van der Waals surface area (Å²) >= 11 is 0. The first kappa shape index (κ1) is 19.7. The minimum atomic E-state index is -0.0459. The Bertz CT molecular complexity index is 1250. The molecule has 0 unspecified atom stereocenters. The van der Waals surface area contributed by atoms with Crippen LogP contribution in [0.2, 0.25) is 0 Å². The van der Waals surface area contributed by atoms with Crippen LogP contribution in [0.5, 0.6) is 5.75 Å². The van der Waals surface area contributed by atoms with Gasteiger partial charge in [0.05, 0.1) is 19.8 Å². The molecule has 6 heteroatoms. The molecule has 2 aromatic carbocycles. The van der Waals surface area contributed by atoms with Gasteiger partial charge in [-0.3, -0.25) is 4.79 Å². The second-order valence-corrected chi connectivity index (χ2v) is 8.12. The van der Waals surface area contributed by atoms with E-state index in [1.165, 1.54) is 10.9 Å². The molecule has 1 aliphatic carbocycles. The Morgan fingerprint density at radius 3 is 2.94 bits per heavy atom. The minimum Gasteiger partial charge on any atom is -0.497 e. The van der Waals surface area contributed by atoms with Crippen molar-refractivity contribution < 1.29 is 14.3 Å². The zero-order valence-electron chi connectivity index (χ0n) is 17.9. The molecule has 2 aromatic heterocycles. The van der Waals surface area contributed by atoms with Crippen molar-refractivity contribution >= 4 is 27.7 Å². The van der Waals surface area contributed by atoms with Crippen molar-refractivity contribution in [3.8, 4) is 5.75 Å². The van der Waals surface area contributed by atoms with Crippen molar-refractivity contribution in [3.63, 3.8) is 0 Å². The Morgan fingerprint density at radius 2 is 2.10 bits per heavy atom. The van der Waals surface area contributed by atoms with Crippen LogP contribution in [0, 0.1) is 0 Å². The number of carbonyl (C=O) groups excluding carboxylic acids is 1. The second kappa shape index (κ2) is 8.12. The highest BCUT2D eigenvalue weighted by Crippen LogP contribution is 2.36. The van der Waals surface area contributed by atoms with Crippen molar-refractivity contribution in [2.24, 2.45) is 0 Å². The lowest BCUT2D eigenvalue weighted by Crippen LogP contribution is -2.31. The van der Waals surface area contributed by atoms with E-state index in [1.54, 1.807) is 14.2 Å². The highest BCUT2D eigenvalue weighted by Gasteiger charge is 2.26. The third-order valence-corrected chi connectivity index (χ3v) is 6.29. The third kappa shape index (κ3) is 3.57. The number of aryl methyl sites for hydroxylation is 1. The summed E-state index contributed by atoms with van der Waals surface area (Å²) in [6, 6.07) is 14.0. The zero-order valence-corrected chi connectivity index (χ0v) is 17.9. The van der Waals surface area contributed by atoms with E-state index >= 15 is 0 Å². The monoisotopic (exact) mass is 417 g/mol. The number of fused-ring (bicyclic) bond motifs is 4. The molecule has 2 heterocycles. The highest BCUT2D eigenvalue weighted by atomic mass is 16.5. The number of nitrogens with one attached hydrogen (secondary N) is 2. The van der Waals surface area contributed by atoms with Crippen LogP contribution in [0.4, 0.5) is 0 Å². The fraction of sp³-hybridized carbons (Fsp3) is 0.320. The van der Waals surface area contributed by atoms with Gasteiger partial charge < -0.3 is 24.3 Å². The average molecular weight is 418 g/mol. The van der Waals surface area contributed by atoms with Crippen LogP contribution in [-0.4, -0.2) is 36.3 Å². The molecule has 31 heavy (non-hydrogen) atoms. The Labute approximate surface area is 181 Å². The van der Waals surface area contributed by atoms with E-state index in [1.807, 2.05) is 36.5 Å². The molecule has 0 spiro atoms. The summed E-state index contributed by atoms with van der Waals surface area (Å²) in [6.07, 6.45) is 5.02. The number of carbonyl (C=O) groups is 1. The van der Waals surface area contributed by atoms with Crippen molar-refractivity contribution in [3.05, 3.63) is 65.5 Å². The maximum absolute atomic E-state index is 13.2. The van der Waals surface area contributed by atoms with Gasteiger partial charge in [-0.05, 0) is 66.6 Å². The first-order valence-corrected chi connectivity index (χ1v) is 10.7. The van der Waals surface area contributed by atoms with Crippen LogP contribution < -0.4 is 10.1 Å². The Hall–Kier alpha value is -3.25. The molecule has 0 aliphatic heterocycles. The quantitative estimate of drug-likeness (QED) is 0.482. The summed E-state index contributed by atoms with van der Waals surface area (Å²) in [7, 11) is 3.38. The van der Waals surface area contributed by atoms with Gasteiger partial charge in [0, 0.05) is 47.5 Å². The number of benzene rings is 2. The fourth-order valence-electron chi connectivity index (χ4n) is 4.66. The van der Waals surface area contributed by atoms with Crippen LogP contribution in [0.1, 0.15) is 40.5 Å². The number of aromatic nitrogens is 2. The maximum atomic E-state index is 13.2. The summed E-state index contributed by atoms with van der Waals surface area (Å²) in [5.74, 6) is 0.806. The molecule has 160 valence electrons. The van der Waals surface area contributed by atoms with Crippen LogP contribution >= 0.6 is 0 Å². The molecule has 0 bridgehead atoms. The maximum Gasteiger partial charge on any atom is 0.251 e. The SMILES string of the molecule is COCCn1ccc2ccc(C(=O)N[C@H]3CCCc4c3[nH]c3ccc(OC)cc43)cc21. The van der Waals surface area contributed by atoms with Crippen molar-refractivity contribution in [1.29, 1.82) is 0 Å². The van der Waals surface area contributed by atoms with E-state index in [0.717, 1.165) is 53.7 Å². The Kier molecular flexibility index (Phi) is 5.16. The largest absolute Gasteiger partial charge is 0.497 e. The van der Waals surface area contributed by atoms with Gasteiger partial charge in [-0.25, -0.2) is 0 Å². The van der Waals surface area contributed by atoms with Crippen molar-refractivity contribution in [2.45, 2.75) is 31.8 Å². The number of nitrogens with zero attached hydrogens (tertiary/aromatic N) is 1. The van der Waals surface area contributed by atoms with Gasteiger partial charge in [0.25, 0.3) is 5.91 Å². The summed E-state index contributed by atoms with van der Waals surface area (Å²) < 4.78 is 12.7. The molecule has 1 aliphatic rings. The number of hydrogen-bond acceptors (Lipinski definition) is 3. The molecule has 5 rings (SSSR count). The number of rotatable bonds is 6. The first-order valence-electron chi connectivity index (χ1n) is 10.7. The van der Waals surface area contributed by atoms with E-state index in [-0.39, 0.29) is 11.9 Å². The van der Waals surface area contributed by atoms with Gasteiger partial charge in [-0.15, -0.1) is 0 Å². The number of amides is 1. The summed E-state index contributed by atoms with van der Waals surface area (Å²) in [5, 5.41) is 5.57. The number of hydrogen-bond donors (Lipinski definition) is 2. The summed E-state index contributed by atoms with van der Waals surface area (Å²) in [5.41, 5.74) is 5.22. The van der Waals surface area contributed by atoms with Gasteiger partial charge in [0.2, 0.25) is 0 Å². The Morgan fingerprint density at radius 1 is 1.19 bits per heavy atom. The highest BCUT2D eigenvalue weighted by molar-refractivity contribution is 5.98. The lowest BCUT2D eigenvalue weighted by Gasteiger charge is -2.24. The summed E-state index contributed by atoms with van der Waals surface area (Å²) in [6.45, 7) is 1.39. The third-order valence-electron chi connectivity index (χ3n) is 6.29. The van der Waals surface area contributed by atoms with Crippen LogP contribution in [0.25, 0.3) is 21.8 Å². The van der Waals surface area contributed by atoms with E-state index in [0.29, 0.717) is 12.2 Å². The van der Waals surface area contributed by atoms with Crippen molar-refractivity contribution in [1.82, 2.24) is 14.9 Å². The van der Waals surface area contributed by atoms with Crippen LogP contribution in [-0.2, 0) is 17.7 Å². The average Bonchev–Trinajstić information content (AvgIpc) is 3.38. The molecule has 0 saturated heterocycles. The lowest BCUT2D eigenvalue weighted by molar-refractivity contribution is 0.0932. The minimum absolute atomic E-state index is 0.0226. The molecular formula is C25H27N3O3. The standard InChI is InChI=1S/C25H27N3O3/c1-30-13-12-28-11-10-16-6-7-17(14-23(16)28)25(29)27-22-5-3-4-19-20-15-18(31-2)8-9-21(20)26-24(19)22/h6-11,14-15,22,26H,3-5,12-13H2,1-2H3,(H,27,29)/t22-/m0/s1.